The summed E-state index contributed by atoms with van der Waals surface area (Å²) in [5, 5.41) is 0.962. The molecule has 0 aliphatic carbocycles. The van der Waals surface area contributed by atoms with Gasteiger partial charge in [0.2, 0.25) is 0 Å². The van der Waals surface area contributed by atoms with Gasteiger partial charge in [-0.05, 0) is 31.5 Å². The molecule has 23 heavy (non-hydrogen) atoms. The van der Waals surface area contributed by atoms with Gasteiger partial charge in [-0.1, -0.05) is 23.2 Å². The van der Waals surface area contributed by atoms with E-state index in [0.29, 0.717) is 33.4 Å². The molecular weight excluding hydrogens is 339 g/mol. The van der Waals surface area contributed by atoms with E-state index in [-0.39, 0.29) is 13.0 Å². The van der Waals surface area contributed by atoms with Gasteiger partial charge in [-0.15, -0.1) is 0 Å². The van der Waals surface area contributed by atoms with Gasteiger partial charge in [0.05, 0.1) is 29.3 Å². The Bertz CT molecular complexity index is 700. The number of hydrogen-bond acceptors (Lipinski definition) is 4. The van der Waals surface area contributed by atoms with Gasteiger partial charge in [-0.2, -0.15) is 0 Å². The quantitative estimate of drug-likeness (QED) is 0.602. The van der Waals surface area contributed by atoms with Crippen molar-refractivity contribution >= 4 is 35.5 Å². The van der Waals surface area contributed by atoms with Crippen LogP contribution < -0.4 is 0 Å². The molecule has 1 N–H and O–H groups in total. The zero-order chi connectivity index (χ0) is 16.8. The number of H-pyrrole nitrogens is 1. The first kappa shape index (κ1) is 17.5. The molecule has 1 atom stereocenters. The maximum absolute atomic E-state index is 12.2. The van der Waals surface area contributed by atoms with E-state index >= 15 is 0 Å². The highest BCUT2D eigenvalue weighted by molar-refractivity contribution is 6.36. The van der Waals surface area contributed by atoms with Crippen LogP contribution in [0.3, 0.4) is 0 Å². The molecule has 1 aromatic heterocycles. The number of halogens is 2. The van der Waals surface area contributed by atoms with E-state index in [4.69, 9.17) is 27.9 Å². The van der Waals surface area contributed by atoms with E-state index < -0.39 is 11.9 Å². The number of ether oxygens (including phenoxy) is 1. The number of benzene rings is 1. The number of rotatable bonds is 7. The standard InChI is InChI=1S/C16H16Cl2N2O3/c1-2-23-16(22)12(4-3-7-21)15-14(19-9-20-15)11-6-5-10(17)8-13(11)18/h5-9,12H,2-4H2,1H3,(H,19,20). The highest BCUT2D eigenvalue weighted by atomic mass is 35.5. The summed E-state index contributed by atoms with van der Waals surface area (Å²) < 4.78 is 5.10. The van der Waals surface area contributed by atoms with Gasteiger partial charge in [-0.25, -0.2) is 4.98 Å². The average molecular weight is 355 g/mol. The minimum absolute atomic E-state index is 0.240. The Kier molecular flexibility index (Phi) is 6.19. The first-order valence-corrected chi connectivity index (χ1v) is 7.93. The topological polar surface area (TPSA) is 72.1 Å². The number of esters is 1. The molecule has 1 aromatic carbocycles. The molecule has 0 spiro atoms. The highest BCUT2D eigenvalue weighted by Gasteiger charge is 2.27. The molecule has 0 bridgehead atoms. The lowest BCUT2D eigenvalue weighted by Crippen LogP contribution is -2.17. The Balaban J connectivity index is 2.43. The predicted octanol–water partition coefficient (Wildman–Crippen LogP) is 4.01. The lowest BCUT2D eigenvalue weighted by Gasteiger charge is -2.15. The van der Waals surface area contributed by atoms with Gasteiger partial charge in [0.1, 0.15) is 12.2 Å². The van der Waals surface area contributed by atoms with Crippen LogP contribution in [0.4, 0.5) is 0 Å². The molecule has 0 radical (unpaired) electrons. The Morgan fingerprint density at radius 2 is 2.22 bits per heavy atom. The van der Waals surface area contributed by atoms with Crippen molar-refractivity contribution in [3.05, 3.63) is 40.3 Å². The first-order valence-electron chi connectivity index (χ1n) is 7.17. The minimum Gasteiger partial charge on any atom is -0.465 e. The van der Waals surface area contributed by atoms with Crippen molar-refractivity contribution in [2.45, 2.75) is 25.7 Å². The fourth-order valence-corrected chi connectivity index (χ4v) is 2.82. The maximum Gasteiger partial charge on any atom is 0.315 e. The molecule has 1 unspecified atom stereocenters. The number of carbonyl (C=O) groups is 2. The number of aromatic amines is 1. The van der Waals surface area contributed by atoms with Gasteiger partial charge in [0.25, 0.3) is 0 Å². The Morgan fingerprint density at radius 1 is 1.43 bits per heavy atom. The second-order valence-electron chi connectivity index (χ2n) is 4.84. The maximum atomic E-state index is 12.2. The average Bonchev–Trinajstić information content (AvgIpc) is 2.97. The molecule has 122 valence electrons. The lowest BCUT2D eigenvalue weighted by molar-refractivity contribution is -0.145. The van der Waals surface area contributed by atoms with Crippen molar-refractivity contribution in [3.63, 3.8) is 0 Å². The van der Waals surface area contributed by atoms with Crippen molar-refractivity contribution in [1.82, 2.24) is 9.97 Å². The second-order valence-corrected chi connectivity index (χ2v) is 5.68. The van der Waals surface area contributed by atoms with Crippen molar-refractivity contribution in [1.29, 1.82) is 0 Å². The van der Waals surface area contributed by atoms with Crippen LogP contribution in [0.1, 0.15) is 31.4 Å². The Labute approximate surface area is 144 Å². The number of hydrogen-bond donors (Lipinski definition) is 1. The molecule has 0 aliphatic heterocycles. The molecule has 2 rings (SSSR count). The molecule has 0 amide bonds. The molecule has 0 saturated heterocycles. The molecule has 0 fully saturated rings. The van der Waals surface area contributed by atoms with Crippen LogP contribution >= 0.6 is 23.2 Å². The molecule has 1 heterocycles. The number of aldehydes is 1. The lowest BCUT2D eigenvalue weighted by atomic mass is 9.95. The summed E-state index contributed by atoms with van der Waals surface area (Å²) in [7, 11) is 0. The number of nitrogens with zero attached hydrogens (tertiary/aromatic N) is 1. The number of aromatic nitrogens is 2. The summed E-state index contributed by atoms with van der Waals surface area (Å²) in [6, 6.07) is 5.08. The summed E-state index contributed by atoms with van der Waals surface area (Å²) in [5.41, 5.74) is 1.81. The summed E-state index contributed by atoms with van der Waals surface area (Å²) in [4.78, 5) is 30.2. The summed E-state index contributed by atoms with van der Waals surface area (Å²) >= 11 is 12.2. The summed E-state index contributed by atoms with van der Waals surface area (Å²) in [6.07, 6.45) is 2.83. The number of imidazole rings is 1. The third kappa shape index (κ3) is 4.12. The molecule has 0 saturated carbocycles. The minimum atomic E-state index is -0.631. The summed E-state index contributed by atoms with van der Waals surface area (Å²) in [6.45, 7) is 1.99. The highest BCUT2D eigenvalue weighted by Crippen LogP contribution is 2.35. The van der Waals surface area contributed by atoms with E-state index in [1.54, 1.807) is 25.1 Å². The van der Waals surface area contributed by atoms with Gasteiger partial charge >= 0.3 is 5.97 Å². The van der Waals surface area contributed by atoms with E-state index in [9.17, 15) is 9.59 Å². The van der Waals surface area contributed by atoms with Crippen LogP contribution in [0.2, 0.25) is 10.0 Å². The van der Waals surface area contributed by atoms with E-state index in [1.807, 2.05) is 0 Å². The van der Waals surface area contributed by atoms with Gasteiger partial charge in [0.15, 0.2) is 0 Å². The second kappa shape index (κ2) is 8.13. The van der Waals surface area contributed by atoms with Crippen LogP contribution in [0.5, 0.6) is 0 Å². The van der Waals surface area contributed by atoms with Crippen LogP contribution in [0, 0.1) is 0 Å². The van der Waals surface area contributed by atoms with Crippen LogP contribution in [-0.2, 0) is 14.3 Å². The number of nitrogens with one attached hydrogen (secondary N) is 1. The predicted molar refractivity (Wildman–Crippen MR) is 88.7 cm³/mol. The first-order chi connectivity index (χ1) is 11.1. The Morgan fingerprint density at radius 3 is 2.87 bits per heavy atom. The third-order valence-corrected chi connectivity index (χ3v) is 3.89. The van der Waals surface area contributed by atoms with Gasteiger partial charge in [-0.3, -0.25) is 4.79 Å². The molecule has 0 aliphatic rings. The van der Waals surface area contributed by atoms with Crippen molar-refractivity contribution in [2.75, 3.05) is 6.61 Å². The Hall–Kier alpha value is -1.85. The van der Waals surface area contributed by atoms with E-state index in [2.05, 4.69) is 9.97 Å². The fourth-order valence-electron chi connectivity index (χ4n) is 2.32. The zero-order valence-electron chi connectivity index (χ0n) is 12.5. The van der Waals surface area contributed by atoms with E-state index in [1.165, 1.54) is 6.33 Å². The summed E-state index contributed by atoms with van der Waals surface area (Å²) in [5.74, 6) is -1.04. The number of carbonyl (C=O) groups excluding carboxylic acids is 2. The van der Waals surface area contributed by atoms with Crippen LogP contribution in [0.25, 0.3) is 11.3 Å². The fraction of sp³-hybridized carbons (Fsp3) is 0.312. The normalized spacial score (nSPS) is 12.0. The van der Waals surface area contributed by atoms with Crippen LogP contribution in [0.15, 0.2) is 24.5 Å². The smallest absolute Gasteiger partial charge is 0.315 e. The SMILES string of the molecule is CCOC(=O)C(CCC=O)c1nc[nH]c1-c1ccc(Cl)cc1Cl. The largest absolute Gasteiger partial charge is 0.465 e. The van der Waals surface area contributed by atoms with Crippen molar-refractivity contribution < 1.29 is 14.3 Å². The van der Waals surface area contributed by atoms with Crippen molar-refractivity contribution in [2.24, 2.45) is 0 Å². The molecular formula is C16H16Cl2N2O3. The van der Waals surface area contributed by atoms with Gasteiger partial charge < -0.3 is 14.5 Å². The third-order valence-electron chi connectivity index (χ3n) is 3.34. The van der Waals surface area contributed by atoms with Gasteiger partial charge in [0, 0.05) is 17.0 Å². The monoisotopic (exact) mass is 354 g/mol. The van der Waals surface area contributed by atoms with Crippen LogP contribution in [-0.4, -0.2) is 28.8 Å². The zero-order valence-corrected chi connectivity index (χ0v) is 14.0. The van der Waals surface area contributed by atoms with Crippen molar-refractivity contribution in [3.8, 4) is 11.3 Å². The van der Waals surface area contributed by atoms with E-state index in [0.717, 1.165) is 6.29 Å². The molecule has 2 aromatic rings. The molecule has 7 heteroatoms. The molecule has 5 nitrogen and oxygen atoms in total.